The monoisotopic (exact) mass is 1020 g/mol. The Labute approximate surface area is 452 Å². The lowest BCUT2D eigenvalue weighted by Gasteiger charge is -2.18. The molecule has 0 N–H and O–H groups in total. The maximum atomic E-state index is 12.9. The van der Waals surface area contributed by atoms with Crippen molar-refractivity contribution in [1.29, 1.82) is 0 Å². The summed E-state index contributed by atoms with van der Waals surface area (Å²) in [6.45, 7) is 6.57. The minimum absolute atomic E-state index is 0.0883. The summed E-state index contributed by atoms with van der Waals surface area (Å²) in [5.41, 5.74) is 0. The van der Waals surface area contributed by atoms with Crippen molar-refractivity contribution in [3.05, 3.63) is 85.1 Å². The second-order valence-electron chi connectivity index (χ2n) is 20.6. The third-order valence-electron chi connectivity index (χ3n) is 13.3. The first kappa shape index (κ1) is 69.6. The molecule has 0 aromatic carbocycles. The van der Waals surface area contributed by atoms with Gasteiger partial charge in [0.25, 0.3) is 0 Å². The number of carbonyl (C=O) groups excluding carboxylic acids is 3. The fourth-order valence-electron chi connectivity index (χ4n) is 8.61. The smallest absolute Gasteiger partial charge is 0.306 e. The van der Waals surface area contributed by atoms with Gasteiger partial charge in [-0.25, -0.2) is 0 Å². The van der Waals surface area contributed by atoms with Crippen LogP contribution in [-0.2, 0) is 28.6 Å². The number of allylic oxidation sites excluding steroid dienone is 14. The first-order valence-corrected chi connectivity index (χ1v) is 31.1. The molecule has 6 heteroatoms. The van der Waals surface area contributed by atoms with Gasteiger partial charge in [0.05, 0.1) is 0 Å². The molecule has 0 heterocycles. The Morgan fingerprint density at radius 2 is 0.507 bits per heavy atom. The van der Waals surface area contributed by atoms with Crippen LogP contribution in [0.4, 0.5) is 0 Å². The second kappa shape index (κ2) is 61.1. The summed E-state index contributed by atoms with van der Waals surface area (Å²) in [7, 11) is 0. The highest BCUT2D eigenvalue weighted by molar-refractivity contribution is 5.71. The predicted octanol–water partition coefficient (Wildman–Crippen LogP) is 21.1. The van der Waals surface area contributed by atoms with Crippen LogP contribution in [0.5, 0.6) is 0 Å². The lowest BCUT2D eigenvalue weighted by molar-refractivity contribution is -0.167. The minimum Gasteiger partial charge on any atom is -0.462 e. The highest BCUT2D eigenvalue weighted by Crippen LogP contribution is 2.15. The van der Waals surface area contributed by atoms with E-state index in [1.807, 2.05) is 0 Å². The van der Waals surface area contributed by atoms with Crippen molar-refractivity contribution in [2.24, 2.45) is 0 Å². The predicted molar refractivity (Wildman–Crippen MR) is 316 cm³/mol. The Morgan fingerprint density at radius 1 is 0.274 bits per heavy atom. The lowest BCUT2D eigenvalue weighted by atomic mass is 10.1. The molecule has 420 valence electrons. The third kappa shape index (κ3) is 59.3. The van der Waals surface area contributed by atoms with Crippen molar-refractivity contribution in [2.45, 2.75) is 309 Å². The van der Waals surface area contributed by atoms with Crippen molar-refractivity contribution in [3.8, 4) is 0 Å². The van der Waals surface area contributed by atoms with Gasteiger partial charge < -0.3 is 14.2 Å². The summed E-state index contributed by atoms with van der Waals surface area (Å²) < 4.78 is 16.9. The van der Waals surface area contributed by atoms with Crippen LogP contribution in [0.1, 0.15) is 303 Å². The van der Waals surface area contributed by atoms with Gasteiger partial charge in [0.15, 0.2) is 6.10 Å². The van der Waals surface area contributed by atoms with Crippen LogP contribution in [0.2, 0.25) is 0 Å². The van der Waals surface area contributed by atoms with E-state index >= 15 is 0 Å². The SMILES string of the molecule is CCCC/C=C\CCCCCCCC(=O)OCC(COC(=O)CCCCCCCCCC/C=C\C/C=C\C/C=C\CCCCCCC)OC(=O)CCCCCCCC/C=C\C/C=C\C/C=C\CCCCCCC. The quantitative estimate of drug-likeness (QED) is 0.0261. The number of unbranched alkanes of at least 4 members (excludes halogenated alkanes) is 31. The van der Waals surface area contributed by atoms with Gasteiger partial charge in [-0.1, -0.05) is 254 Å². The lowest BCUT2D eigenvalue weighted by Crippen LogP contribution is -2.30. The van der Waals surface area contributed by atoms with Crippen LogP contribution in [0, 0.1) is 0 Å². The highest BCUT2D eigenvalue weighted by Gasteiger charge is 2.19. The number of ether oxygens (including phenoxy) is 3. The molecule has 0 fully saturated rings. The van der Waals surface area contributed by atoms with E-state index in [0.717, 1.165) is 109 Å². The van der Waals surface area contributed by atoms with E-state index in [2.05, 4.69) is 106 Å². The van der Waals surface area contributed by atoms with Crippen LogP contribution in [0.15, 0.2) is 85.1 Å². The van der Waals surface area contributed by atoms with E-state index in [0.29, 0.717) is 19.3 Å². The fourth-order valence-corrected chi connectivity index (χ4v) is 8.61. The number of hydrogen-bond acceptors (Lipinski definition) is 6. The first-order chi connectivity index (χ1) is 36.0. The van der Waals surface area contributed by atoms with E-state index in [4.69, 9.17) is 14.2 Å². The Morgan fingerprint density at radius 3 is 0.822 bits per heavy atom. The van der Waals surface area contributed by atoms with Crippen molar-refractivity contribution in [3.63, 3.8) is 0 Å². The molecule has 0 aliphatic carbocycles. The Balaban J connectivity index is 4.35. The molecule has 0 aliphatic rings. The maximum absolute atomic E-state index is 12.9. The summed E-state index contributed by atoms with van der Waals surface area (Å²) in [6, 6.07) is 0. The molecule has 0 radical (unpaired) electrons. The van der Waals surface area contributed by atoms with Gasteiger partial charge in [0.2, 0.25) is 0 Å². The van der Waals surface area contributed by atoms with E-state index in [1.54, 1.807) is 0 Å². The van der Waals surface area contributed by atoms with Gasteiger partial charge in [0.1, 0.15) is 13.2 Å². The Hall–Kier alpha value is -3.41. The van der Waals surface area contributed by atoms with Gasteiger partial charge >= 0.3 is 17.9 Å². The largest absolute Gasteiger partial charge is 0.462 e. The zero-order valence-electron chi connectivity index (χ0n) is 48.1. The van der Waals surface area contributed by atoms with Gasteiger partial charge in [-0.05, 0) is 116 Å². The minimum atomic E-state index is -0.791. The molecular formula is C67H116O6. The third-order valence-corrected chi connectivity index (χ3v) is 13.3. The molecule has 6 nitrogen and oxygen atoms in total. The average Bonchev–Trinajstić information content (AvgIpc) is 3.39. The van der Waals surface area contributed by atoms with Gasteiger partial charge in [0, 0.05) is 19.3 Å². The molecule has 73 heavy (non-hydrogen) atoms. The molecule has 0 aromatic heterocycles. The standard InChI is InChI=1S/C67H116O6/c1-4-7-10-13-16-19-22-24-26-28-30-32-33-35-36-38-40-42-45-48-51-54-57-60-66(69)72-63-64(62-71-65(68)59-56-53-50-47-44-21-18-15-12-9-6-3)73-67(70)61-58-55-52-49-46-43-41-39-37-34-31-29-27-25-23-20-17-14-11-8-5-2/h15,18,22-25,28-31,33,35,37,39,64H,4-14,16-17,19-21,26-27,32,34,36,38,40-63H2,1-3H3/b18-15-,24-22-,25-23-,30-28-,31-29-,35-33-,39-37-. The Kier molecular flexibility index (Phi) is 58.3. The number of rotatable bonds is 56. The molecule has 0 rings (SSSR count). The van der Waals surface area contributed by atoms with E-state index in [9.17, 15) is 14.4 Å². The topological polar surface area (TPSA) is 78.9 Å². The van der Waals surface area contributed by atoms with E-state index < -0.39 is 6.10 Å². The average molecular weight is 1020 g/mol. The molecule has 1 unspecified atom stereocenters. The van der Waals surface area contributed by atoms with Crippen molar-refractivity contribution >= 4 is 17.9 Å². The maximum Gasteiger partial charge on any atom is 0.306 e. The molecule has 0 bridgehead atoms. The van der Waals surface area contributed by atoms with Gasteiger partial charge in [-0.2, -0.15) is 0 Å². The summed E-state index contributed by atoms with van der Waals surface area (Å²) in [5.74, 6) is -0.910. The zero-order chi connectivity index (χ0) is 52.9. The number of esters is 3. The molecule has 0 amide bonds. The summed E-state index contributed by atoms with van der Waals surface area (Å²) in [4.78, 5) is 38.2. The highest BCUT2D eigenvalue weighted by atomic mass is 16.6. The van der Waals surface area contributed by atoms with Crippen LogP contribution in [-0.4, -0.2) is 37.2 Å². The molecule has 0 saturated heterocycles. The van der Waals surface area contributed by atoms with Crippen molar-refractivity contribution in [1.82, 2.24) is 0 Å². The van der Waals surface area contributed by atoms with Crippen LogP contribution in [0.3, 0.4) is 0 Å². The van der Waals surface area contributed by atoms with E-state index in [-0.39, 0.29) is 31.1 Å². The molecule has 0 aromatic rings. The summed E-state index contributed by atoms with van der Waals surface area (Å²) in [5, 5.41) is 0. The summed E-state index contributed by atoms with van der Waals surface area (Å²) in [6.07, 6.45) is 80.1. The number of hydrogen-bond donors (Lipinski definition) is 0. The molecular weight excluding hydrogens is 901 g/mol. The molecule has 0 spiro atoms. The molecule has 0 saturated carbocycles. The second-order valence-corrected chi connectivity index (χ2v) is 20.6. The normalized spacial score (nSPS) is 12.6. The van der Waals surface area contributed by atoms with Crippen LogP contribution >= 0.6 is 0 Å². The first-order valence-electron chi connectivity index (χ1n) is 31.1. The van der Waals surface area contributed by atoms with Crippen molar-refractivity contribution < 1.29 is 28.6 Å². The summed E-state index contributed by atoms with van der Waals surface area (Å²) >= 11 is 0. The van der Waals surface area contributed by atoms with E-state index in [1.165, 1.54) is 154 Å². The van der Waals surface area contributed by atoms with Gasteiger partial charge in [-0.15, -0.1) is 0 Å². The van der Waals surface area contributed by atoms with Crippen molar-refractivity contribution in [2.75, 3.05) is 13.2 Å². The van der Waals surface area contributed by atoms with Crippen LogP contribution in [0.25, 0.3) is 0 Å². The fraction of sp³-hybridized carbons (Fsp3) is 0.746. The van der Waals surface area contributed by atoms with Crippen LogP contribution < -0.4 is 0 Å². The zero-order valence-corrected chi connectivity index (χ0v) is 48.1. The molecule has 1 atom stereocenters. The molecule has 0 aliphatic heterocycles. The van der Waals surface area contributed by atoms with Gasteiger partial charge in [-0.3, -0.25) is 14.4 Å². The number of carbonyl (C=O) groups is 3. The Bertz CT molecular complexity index is 1400.